The summed E-state index contributed by atoms with van der Waals surface area (Å²) < 4.78 is 33.1. The van der Waals surface area contributed by atoms with Crippen molar-refractivity contribution >= 4 is 12.0 Å². The van der Waals surface area contributed by atoms with Crippen molar-refractivity contribution < 1.29 is 18.3 Å². The van der Waals surface area contributed by atoms with Crippen LogP contribution in [0.4, 0.5) is 8.78 Å². The van der Waals surface area contributed by atoms with Crippen LogP contribution in [0, 0.1) is 23.5 Å². The second-order valence-electron chi connectivity index (χ2n) is 8.66. The highest BCUT2D eigenvalue weighted by molar-refractivity contribution is 5.94. The van der Waals surface area contributed by atoms with Gasteiger partial charge in [0.25, 0.3) is 5.91 Å². The van der Waals surface area contributed by atoms with E-state index in [1.165, 1.54) is 25.3 Å². The number of allylic oxidation sites excluding steroid dienone is 1. The minimum Gasteiger partial charge on any atom is -0.436 e. The number of carbonyl (C=O) groups excluding carboxylic acids is 1. The first kappa shape index (κ1) is 22.2. The Balaban J connectivity index is 1.62. The smallest absolute Gasteiger partial charge is 0.255 e. The number of benzene rings is 1. The van der Waals surface area contributed by atoms with Crippen molar-refractivity contribution in [1.29, 1.82) is 0 Å². The van der Waals surface area contributed by atoms with Crippen LogP contribution in [0.15, 0.2) is 41.3 Å². The Morgan fingerprint density at radius 1 is 1.25 bits per heavy atom. The number of nitrogens with zero attached hydrogens (tertiary/aromatic N) is 1. The zero-order valence-corrected chi connectivity index (χ0v) is 18.5. The zero-order valence-electron chi connectivity index (χ0n) is 18.5. The standard InChI is InChI=1S/C25H29F2N3O2/c1-3-16-11-21-24(30-23(12-16)32-22-10-9-18(26)13-20(22)27)19(14-28-21)25(31)29-15(2)17-7-5-4-6-8-17/h9-17,28H,3-8H2,1-2H3,(H,29,31). The third kappa shape index (κ3) is 4.92. The largest absolute Gasteiger partial charge is 0.436 e. The topological polar surface area (TPSA) is 66.5 Å². The van der Waals surface area contributed by atoms with Crippen LogP contribution in [0.5, 0.6) is 5.75 Å². The van der Waals surface area contributed by atoms with E-state index in [9.17, 15) is 13.6 Å². The monoisotopic (exact) mass is 441 g/mol. The highest BCUT2D eigenvalue weighted by Crippen LogP contribution is 2.26. The predicted octanol–water partition coefficient (Wildman–Crippen LogP) is 4.35. The van der Waals surface area contributed by atoms with E-state index in [-0.39, 0.29) is 29.5 Å². The molecule has 1 aromatic heterocycles. The third-order valence-corrected chi connectivity index (χ3v) is 6.38. The zero-order chi connectivity index (χ0) is 22.7. The number of aromatic nitrogens is 1. The molecule has 1 amide bonds. The van der Waals surface area contributed by atoms with Gasteiger partial charge in [-0.3, -0.25) is 4.79 Å². The molecule has 5 nitrogen and oxygen atoms in total. The number of ether oxygens (including phenoxy) is 1. The fourth-order valence-electron chi connectivity index (χ4n) is 4.44. The van der Waals surface area contributed by atoms with Crippen molar-refractivity contribution in [3.63, 3.8) is 0 Å². The number of hydrogen-bond acceptors (Lipinski definition) is 3. The Bertz CT molecular complexity index is 1130. The Labute approximate surface area is 186 Å². The van der Waals surface area contributed by atoms with E-state index in [2.05, 4.69) is 22.2 Å². The first-order valence-corrected chi connectivity index (χ1v) is 11.4. The van der Waals surface area contributed by atoms with Crippen molar-refractivity contribution in [2.75, 3.05) is 0 Å². The van der Waals surface area contributed by atoms with Gasteiger partial charge in [-0.25, -0.2) is 13.8 Å². The summed E-state index contributed by atoms with van der Waals surface area (Å²) in [5.74, 6) is -1.16. The van der Waals surface area contributed by atoms with E-state index in [4.69, 9.17) is 4.74 Å². The van der Waals surface area contributed by atoms with Crippen molar-refractivity contribution in [3.8, 4) is 5.75 Å². The number of nitrogens with one attached hydrogen (secondary N) is 2. The van der Waals surface area contributed by atoms with Crippen molar-refractivity contribution in [2.45, 2.75) is 58.4 Å². The SMILES string of the molecule is CCC1C=C(Oc2ccc(F)cc2F)N=c2c(C(=O)NC(C)C3CCCCC3)c[nH]c2=C1. The molecule has 7 heteroatoms. The number of fused-ring (bicyclic) bond motifs is 1. The second-order valence-corrected chi connectivity index (χ2v) is 8.66. The molecule has 1 aromatic carbocycles. The predicted molar refractivity (Wildman–Crippen MR) is 118 cm³/mol. The molecule has 2 atom stereocenters. The minimum atomic E-state index is -0.809. The van der Waals surface area contributed by atoms with Crippen LogP contribution in [0.1, 0.15) is 62.7 Å². The second kappa shape index (κ2) is 9.67. The van der Waals surface area contributed by atoms with Crippen LogP contribution in [-0.2, 0) is 0 Å². The van der Waals surface area contributed by atoms with Crippen LogP contribution in [0.3, 0.4) is 0 Å². The fraction of sp³-hybridized carbons (Fsp3) is 0.440. The first-order chi connectivity index (χ1) is 15.4. The van der Waals surface area contributed by atoms with Gasteiger partial charge in [-0.1, -0.05) is 32.3 Å². The quantitative estimate of drug-likeness (QED) is 0.700. The summed E-state index contributed by atoms with van der Waals surface area (Å²) in [5, 5.41) is 4.32. The average molecular weight is 442 g/mol. The summed E-state index contributed by atoms with van der Waals surface area (Å²) in [7, 11) is 0. The number of carbonyl (C=O) groups is 1. The number of aromatic amines is 1. The fourth-order valence-corrected chi connectivity index (χ4v) is 4.44. The van der Waals surface area contributed by atoms with Crippen molar-refractivity contribution in [3.05, 3.63) is 64.3 Å². The molecule has 1 aliphatic heterocycles. The first-order valence-electron chi connectivity index (χ1n) is 11.4. The molecular weight excluding hydrogens is 412 g/mol. The van der Waals surface area contributed by atoms with Crippen molar-refractivity contribution in [2.24, 2.45) is 16.8 Å². The van der Waals surface area contributed by atoms with E-state index in [1.54, 1.807) is 12.3 Å². The molecule has 1 saturated carbocycles. The molecule has 2 aliphatic rings. The maximum atomic E-state index is 14.1. The normalized spacial score (nSPS) is 19.6. The summed E-state index contributed by atoms with van der Waals surface area (Å²) in [6.45, 7) is 4.07. The molecule has 0 saturated heterocycles. The number of rotatable bonds is 6. The van der Waals surface area contributed by atoms with Gasteiger partial charge in [0.2, 0.25) is 5.88 Å². The molecule has 2 unspecified atom stereocenters. The van der Waals surface area contributed by atoms with Gasteiger partial charge < -0.3 is 15.0 Å². The van der Waals surface area contributed by atoms with E-state index in [0.29, 0.717) is 16.8 Å². The average Bonchev–Trinajstić information content (AvgIpc) is 3.08. The highest BCUT2D eigenvalue weighted by Gasteiger charge is 2.23. The van der Waals surface area contributed by atoms with Gasteiger partial charge >= 0.3 is 0 Å². The lowest BCUT2D eigenvalue weighted by Gasteiger charge is -2.28. The summed E-state index contributed by atoms with van der Waals surface area (Å²) in [5.41, 5.74) is 0.421. The molecule has 1 fully saturated rings. The number of amides is 1. The molecule has 2 aromatic rings. The lowest BCUT2D eigenvalue weighted by atomic mass is 9.84. The summed E-state index contributed by atoms with van der Waals surface area (Å²) >= 11 is 0. The Morgan fingerprint density at radius 2 is 2.03 bits per heavy atom. The van der Waals surface area contributed by atoms with Gasteiger partial charge in [0.15, 0.2) is 11.6 Å². The van der Waals surface area contributed by atoms with E-state index in [0.717, 1.165) is 36.7 Å². The van der Waals surface area contributed by atoms with Gasteiger partial charge in [0, 0.05) is 24.2 Å². The lowest BCUT2D eigenvalue weighted by molar-refractivity contribution is 0.0918. The number of halogens is 2. The molecule has 0 radical (unpaired) electrons. The molecule has 0 bridgehead atoms. The Hall–Kier alpha value is -2.96. The van der Waals surface area contributed by atoms with E-state index < -0.39 is 11.6 Å². The molecular formula is C25H29F2N3O2. The van der Waals surface area contributed by atoms with Gasteiger partial charge in [-0.2, -0.15) is 0 Å². The van der Waals surface area contributed by atoms with Gasteiger partial charge in [-0.05, 0) is 50.3 Å². The summed E-state index contributed by atoms with van der Waals surface area (Å²) in [4.78, 5) is 20.8. The Kier molecular flexibility index (Phi) is 6.72. The molecule has 4 rings (SSSR count). The maximum absolute atomic E-state index is 14.1. The minimum absolute atomic E-state index is 0.0192. The summed E-state index contributed by atoms with van der Waals surface area (Å²) in [6.07, 6.45) is 12.1. The summed E-state index contributed by atoms with van der Waals surface area (Å²) in [6, 6.07) is 3.20. The van der Waals surface area contributed by atoms with Crippen molar-refractivity contribution in [1.82, 2.24) is 10.3 Å². The molecule has 0 spiro atoms. The maximum Gasteiger partial charge on any atom is 0.255 e. The van der Waals surface area contributed by atoms with Gasteiger partial charge in [0.1, 0.15) is 11.2 Å². The van der Waals surface area contributed by atoms with E-state index >= 15 is 0 Å². The van der Waals surface area contributed by atoms with Crippen LogP contribution in [0.25, 0.3) is 6.08 Å². The highest BCUT2D eigenvalue weighted by atomic mass is 19.1. The van der Waals surface area contributed by atoms with Crippen LogP contribution < -0.4 is 20.8 Å². The van der Waals surface area contributed by atoms with Crippen LogP contribution in [-0.4, -0.2) is 16.9 Å². The van der Waals surface area contributed by atoms with Gasteiger partial charge in [0.05, 0.1) is 10.9 Å². The molecule has 2 heterocycles. The van der Waals surface area contributed by atoms with Gasteiger partial charge in [-0.15, -0.1) is 0 Å². The number of hydrogen-bond donors (Lipinski definition) is 2. The molecule has 170 valence electrons. The van der Waals surface area contributed by atoms with E-state index in [1.807, 2.05) is 13.0 Å². The lowest BCUT2D eigenvalue weighted by Crippen LogP contribution is -2.41. The molecule has 1 aliphatic carbocycles. The molecule has 2 N–H and O–H groups in total. The third-order valence-electron chi connectivity index (χ3n) is 6.38. The molecule has 32 heavy (non-hydrogen) atoms. The Morgan fingerprint density at radius 3 is 2.75 bits per heavy atom. The van der Waals surface area contributed by atoms with Crippen LogP contribution >= 0.6 is 0 Å². The van der Waals surface area contributed by atoms with Crippen LogP contribution in [0.2, 0.25) is 0 Å². The number of H-pyrrole nitrogens is 1.